The third-order valence-corrected chi connectivity index (χ3v) is 31.4. The molecule has 3 aliphatic heterocycles. The van der Waals surface area contributed by atoms with Gasteiger partial charge in [-0.2, -0.15) is 0 Å². The standard InChI is InChI=1S/C14H38N6P3Si2/c1-15-11-12-16(2)21(15)19(24(5,6)7)22-20(25(8,9)10)23(22)17(3)13-14-18(23)4/h11-14H2,1-10H3/q+1. The summed E-state index contributed by atoms with van der Waals surface area (Å²) in [6.07, 6.45) is 0. The predicted octanol–water partition coefficient (Wildman–Crippen LogP) is 4.24. The van der Waals surface area contributed by atoms with Gasteiger partial charge in [0.2, 0.25) is 0 Å². The maximum Gasteiger partial charge on any atom is 0.295 e. The van der Waals surface area contributed by atoms with Crippen LogP contribution in [0.5, 0.6) is 0 Å². The zero-order valence-corrected chi connectivity index (χ0v) is 22.5. The van der Waals surface area contributed by atoms with Gasteiger partial charge < -0.3 is 0 Å². The quantitative estimate of drug-likeness (QED) is 0.368. The Bertz CT molecular complexity index is 508. The normalized spacial score (nSPS) is 33.2. The smallest absolute Gasteiger partial charge is 0.259 e. The first-order valence-electron chi connectivity index (χ1n) is 9.30. The van der Waals surface area contributed by atoms with Gasteiger partial charge in [0.1, 0.15) is 16.6 Å². The molecule has 146 valence electrons. The number of rotatable bonds is 4. The number of nitrogens with zero attached hydrogens (tertiary/aromatic N) is 6. The summed E-state index contributed by atoms with van der Waals surface area (Å²) in [5, 5.41) is 0. The molecule has 0 aromatic carbocycles. The van der Waals surface area contributed by atoms with Crippen molar-refractivity contribution >= 4 is 40.2 Å². The fourth-order valence-corrected chi connectivity index (χ4v) is 40.6. The van der Waals surface area contributed by atoms with Gasteiger partial charge in [0.05, 0.1) is 13.1 Å². The van der Waals surface area contributed by atoms with Gasteiger partial charge in [0.25, 0.3) is 15.3 Å². The summed E-state index contributed by atoms with van der Waals surface area (Å²) < 4.78 is 17.1. The second-order valence-corrected chi connectivity index (χ2v) is 30.4. The number of hydrogen-bond donors (Lipinski definition) is 0. The van der Waals surface area contributed by atoms with Gasteiger partial charge in [-0.1, -0.05) is 43.4 Å². The van der Waals surface area contributed by atoms with Crippen LogP contribution < -0.4 is 0 Å². The van der Waals surface area contributed by atoms with Crippen molar-refractivity contribution in [2.45, 2.75) is 39.3 Å². The maximum absolute atomic E-state index is 3.11. The molecule has 3 heterocycles. The van der Waals surface area contributed by atoms with Gasteiger partial charge >= 0.3 is 0 Å². The largest absolute Gasteiger partial charge is 0.295 e. The molecule has 0 aliphatic carbocycles. The fourth-order valence-electron chi connectivity index (χ4n) is 4.04. The molecule has 6 nitrogen and oxygen atoms in total. The molecule has 0 bridgehead atoms. The van der Waals surface area contributed by atoms with Crippen molar-refractivity contribution in [1.82, 2.24) is 26.9 Å². The molecule has 0 aromatic heterocycles. The van der Waals surface area contributed by atoms with E-state index in [4.69, 9.17) is 0 Å². The van der Waals surface area contributed by atoms with Crippen LogP contribution in [0.25, 0.3) is 0 Å². The Hall–Kier alpha value is 1.48. The van der Waals surface area contributed by atoms with Crippen LogP contribution >= 0.6 is 23.7 Å². The second kappa shape index (κ2) is 6.78. The minimum Gasteiger partial charge on any atom is -0.259 e. The molecule has 25 heavy (non-hydrogen) atoms. The zero-order chi connectivity index (χ0) is 18.9. The molecule has 3 saturated heterocycles. The van der Waals surface area contributed by atoms with Crippen LogP contribution in [-0.4, -0.2) is 97.7 Å². The summed E-state index contributed by atoms with van der Waals surface area (Å²) >= 11 is 0. The van der Waals surface area contributed by atoms with Crippen molar-refractivity contribution < 1.29 is 0 Å². The minimum absolute atomic E-state index is 0.183. The van der Waals surface area contributed by atoms with Crippen LogP contribution in [0.4, 0.5) is 0 Å². The molecular formula is C14H38N6P3Si2+. The molecule has 2 atom stereocenters. The van der Waals surface area contributed by atoms with Gasteiger partial charge in [0.15, 0.2) is 8.24 Å². The highest BCUT2D eigenvalue weighted by molar-refractivity contribution is 8.50. The summed E-state index contributed by atoms with van der Waals surface area (Å²) in [6, 6.07) is 0. The van der Waals surface area contributed by atoms with Crippen LogP contribution in [0.15, 0.2) is 0 Å². The topological polar surface area (TPSA) is 19.2 Å². The zero-order valence-electron chi connectivity index (χ0n) is 17.9. The highest BCUT2D eigenvalue weighted by Crippen LogP contribution is 3.12. The average Bonchev–Trinajstić information content (AvgIpc) is 2.95. The molecule has 2 unspecified atom stereocenters. The Morgan fingerprint density at radius 2 is 1.20 bits per heavy atom. The van der Waals surface area contributed by atoms with Crippen molar-refractivity contribution in [3.63, 3.8) is 0 Å². The van der Waals surface area contributed by atoms with E-state index < -0.39 is 23.9 Å². The third-order valence-electron chi connectivity index (χ3n) is 5.19. The third kappa shape index (κ3) is 3.28. The van der Waals surface area contributed by atoms with Gasteiger partial charge in [-0.15, -0.1) is 9.34 Å². The van der Waals surface area contributed by atoms with E-state index in [1.807, 2.05) is 0 Å². The second-order valence-electron chi connectivity index (χ2n) is 9.52. The van der Waals surface area contributed by atoms with Crippen molar-refractivity contribution in [3.8, 4) is 0 Å². The van der Waals surface area contributed by atoms with Gasteiger partial charge in [-0.05, 0) is 14.1 Å². The molecule has 3 aliphatic rings. The Morgan fingerprint density at radius 3 is 1.56 bits per heavy atom. The van der Waals surface area contributed by atoms with Crippen LogP contribution in [0.3, 0.4) is 0 Å². The number of hydrogen-bond acceptors (Lipinski definition) is 6. The highest BCUT2D eigenvalue weighted by atomic mass is 32.2. The van der Waals surface area contributed by atoms with E-state index in [1.165, 1.54) is 26.2 Å². The average molecular weight is 440 g/mol. The molecule has 0 amide bonds. The lowest BCUT2D eigenvalue weighted by Gasteiger charge is -2.40. The first kappa shape index (κ1) is 21.2. The summed E-state index contributed by atoms with van der Waals surface area (Å²) in [5.41, 5.74) is 0. The molecular weight excluding hydrogens is 401 g/mol. The van der Waals surface area contributed by atoms with Crippen LogP contribution in [0, 0.1) is 0 Å². The van der Waals surface area contributed by atoms with E-state index in [0.717, 1.165) is 0 Å². The van der Waals surface area contributed by atoms with E-state index in [0.29, 0.717) is 0 Å². The van der Waals surface area contributed by atoms with E-state index in [2.05, 4.69) is 94.4 Å². The van der Waals surface area contributed by atoms with Crippen LogP contribution in [-0.2, 0) is 0 Å². The Balaban J connectivity index is 2.06. The molecule has 3 rings (SSSR count). The number of likely N-dealkylation sites (N-methyl/N-ethyl adjacent to an activating group) is 4. The Labute approximate surface area is 160 Å². The molecule has 11 heteroatoms. The predicted molar refractivity (Wildman–Crippen MR) is 122 cm³/mol. The Morgan fingerprint density at radius 1 is 0.760 bits per heavy atom. The summed E-state index contributed by atoms with van der Waals surface area (Å²) in [6.45, 7) is 20.3. The van der Waals surface area contributed by atoms with Gasteiger partial charge in [0, 0.05) is 27.2 Å². The molecule has 3 fully saturated rings. The molecule has 0 N–H and O–H groups in total. The summed E-state index contributed by atoms with van der Waals surface area (Å²) in [4.78, 5) is 0. The van der Waals surface area contributed by atoms with E-state index in [1.54, 1.807) is 0 Å². The lowest BCUT2D eigenvalue weighted by Crippen LogP contribution is -2.42. The first-order chi connectivity index (χ1) is 11.3. The molecule has 0 aromatic rings. The molecule has 0 saturated carbocycles. The van der Waals surface area contributed by atoms with Crippen molar-refractivity contribution in [1.29, 1.82) is 0 Å². The lowest BCUT2D eigenvalue weighted by molar-refractivity contribution is 0.553. The minimum atomic E-state index is -1.45. The van der Waals surface area contributed by atoms with Gasteiger partial charge in [-0.3, -0.25) is 9.34 Å². The van der Waals surface area contributed by atoms with Crippen LogP contribution in [0.1, 0.15) is 0 Å². The van der Waals surface area contributed by atoms with Crippen molar-refractivity contribution in [2.75, 3.05) is 54.4 Å². The summed E-state index contributed by atoms with van der Waals surface area (Å²) in [5.74, 6) is 0. The molecule has 1 spiro atoms. The lowest BCUT2D eigenvalue weighted by atomic mass is 10.6. The van der Waals surface area contributed by atoms with E-state index in [-0.39, 0.29) is 16.3 Å². The van der Waals surface area contributed by atoms with E-state index >= 15 is 0 Å². The van der Waals surface area contributed by atoms with Crippen molar-refractivity contribution in [2.24, 2.45) is 0 Å². The maximum atomic E-state index is 3.11. The van der Waals surface area contributed by atoms with E-state index in [9.17, 15) is 0 Å². The van der Waals surface area contributed by atoms with Gasteiger partial charge in [-0.25, -0.2) is 4.11 Å². The van der Waals surface area contributed by atoms with Crippen molar-refractivity contribution in [3.05, 3.63) is 0 Å². The Kier molecular flexibility index (Phi) is 5.75. The molecule has 0 radical (unpaired) electrons. The SMILES string of the molecule is CN1CCN(C)P1N(P1N([Si](C)(C)C)[P+]12N(C)CCN2C)[Si](C)(C)C. The first-order valence-corrected chi connectivity index (χ1v) is 21.0. The summed E-state index contributed by atoms with van der Waals surface area (Å²) in [7, 11) is 4.95. The van der Waals surface area contributed by atoms with Crippen LogP contribution in [0.2, 0.25) is 39.3 Å². The highest BCUT2D eigenvalue weighted by Gasteiger charge is 2.88. The monoisotopic (exact) mass is 439 g/mol. The fraction of sp³-hybridized carbons (Fsp3) is 1.00.